The van der Waals surface area contributed by atoms with Crippen LogP contribution in [0.3, 0.4) is 0 Å². The van der Waals surface area contributed by atoms with Crippen LogP contribution in [-0.4, -0.2) is 30.2 Å². The van der Waals surface area contributed by atoms with E-state index >= 15 is 0 Å². The molecule has 0 fully saturated rings. The molecule has 0 saturated heterocycles. The summed E-state index contributed by atoms with van der Waals surface area (Å²) in [5, 5.41) is 14.0. The average Bonchev–Trinajstić information content (AvgIpc) is 2.58. The summed E-state index contributed by atoms with van der Waals surface area (Å²) in [6, 6.07) is 5.34. The number of nitrogens with zero attached hydrogens (tertiary/aromatic N) is 1. The number of amidine groups is 1. The molecule has 0 unspecified atom stereocenters. The van der Waals surface area contributed by atoms with Crippen LogP contribution in [0.5, 0.6) is 11.5 Å². The van der Waals surface area contributed by atoms with Gasteiger partial charge in [0.05, 0.1) is 13.7 Å². The minimum absolute atomic E-state index is 0.159. The fraction of sp³-hybridized carbons (Fsp3) is 0.611. The molecule has 0 aliphatic carbocycles. The van der Waals surface area contributed by atoms with Crippen molar-refractivity contribution in [1.82, 2.24) is 5.32 Å². The number of unbranched alkanes of at least 4 members (excludes halogenated alkanes) is 5. The summed E-state index contributed by atoms with van der Waals surface area (Å²) in [5.74, 6) is 0.648. The first-order valence-corrected chi connectivity index (χ1v) is 9.62. The highest BCUT2D eigenvalue weighted by Crippen LogP contribution is 2.26. The largest absolute Gasteiger partial charge is 0.504 e. The second-order valence-corrected chi connectivity index (χ2v) is 6.32. The molecule has 0 amide bonds. The molecule has 0 aliphatic rings. The minimum atomic E-state index is 0.159. The molecule has 4 nitrogen and oxygen atoms in total. The second-order valence-electron chi connectivity index (χ2n) is 5.53. The maximum Gasteiger partial charge on any atom is 0.160 e. The molecule has 23 heavy (non-hydrogen) atoms. The van der Waals surface area contributed by atoms with Gasteiger partial charge in [-0.1, -0.05) is 56.9 Å². The number of methoxy groups -OCH3 is 1. The third-order valence-corrected chi connectivity index (χ3v) is 4.31. The molecule has 0 saturated carbocycles. The molecule has 2 N–H and O–H groups in total. The summed E-state index contributed by atoms with van der Waals surface area (Å²) in [4.78, 5) is 4.60. The predicted octanol–water partition coefficient (Wildman–Crippen LogP) is 4.57. The number of aromatic hydroxyl groups is 1. The van der Waals surface area contributed by atoms with Crippen LogP contribution in [0.4, 0.5) is 0 Å². The number of ether oxygens (including phenoxy) is 1. The molecule has 0 radical (unpaired) electrons. The molecule has 130 valence electrons. The van der Waals surface area contributed by atoms with E-state index in [4.69, 9.17) is 4.74 Å². The van der Waals surface area contributed by atoms with Crippen molar-refractivity contribution < 1.29 is 9.84 Å². The van der Waals surface area contributed by atoms with Gasteiger partial charge in [-0.3, -0.25) is 4.99 Å². The van der Waals surface area contributed by atoms with Gasteiger partial charge in [0.2, 0.25) is 0 Å². The van der Waals surface area contributed by atoms with Crippen LogP contribution >= 0.6 is 11.8 Å². The first-order chi connectivity index (χ1) is 11.2. The zero-order valence-electron chi connectivity index (χ0n) is 14.6. The zero-order valence-corrected chi connectivity index (χ0v) is 15.4. The summed E-state index contributed by atoms with van der Waals surface area (Å²) in [6.07, 6.45) is 9.83. The summed E-state index contributed by atoms with van der Waals surface area (Å²) in [7, 11) is 1.55. The van der Waals surface area contributed by atoms with E-state index in [-0.39, 0.29) is 5.75 Å². The molecule has 1 rings (SSSR count). The Labute approximate surface area is 144 Å². The fourth-order valence-corrected chi connectivity index (χ4v) is 2.72. The molecule has 1 aromatic rings. The predicted molar refractivity (Wildman–Crippen MR) is 101 cm³/mol. The Hall–Kier alpha value is -1.36. The minimum Gasteiger partial charge on any atom is -0.504 e. The van der Waals surface area contributed by atoms with Crippen LogP contribution < -0.4 is 10.1 Å². The molecule has 0 spiro atoms. The van der Waals surface area contributed by atoms with Gasteiger partial charge in [-0.05, 0) is 30.4 Å². The van der Waals surface area contributed by atoms with Gasteiger partial charge in [-0.2, -0.15) is 0 Å². The van der Waals surface area contributed by atoms with E-state index in [2.05, 4.69) is 17.2 Å². The van der Waals surface area contributed by atoms with E-state index < -0.39 is 0 Å². The quantitative estimate of drug-likeness (QED) is 0.373. The highest BCUT2D eigenvalue weighted by atomic mass is 32.2. The molecular formula is C18H30N2O2S. The molecule has 0 heterocycles. The Morgan fingerprint density at radius 1 is 1.22 bits per heavy atom. The molecule has 0 atom stereocenters. The van der Waals surface area contributed by atoms with Gasteiger partial charge in [0.25, 0.3) is 0 Å². The number of hydrogen-bond acceptors (Lipinski definition) is 4. The van der Waals surface area contributed by atoms with E-state index in [9.17, 15) is 5.11 Å². The summed E-state index contributed by atoms with van der Waals surface area (Å²) >= 11 is 1.63. The smallest absolute Gasteiger partial charge is 0.160 e. The molecule has 1 aromatic carbocycles. The number of benzene rings is 1. The number of hydrogen-bond donors (Lipinski definition) is 2. The van der Waals surface area contributed by atoms with Crippen molar-refractivity contribution >= 4 is 16.9 Å². The summed E-state index contributed by atoms with van der Waals surface area (Å²) in [6.45, 7) is 3.80. The third kappa shape index (κ3) is 8.16. The number of phenolic OH excluding ortho intramolecular Hbond substituents is 1. The summed E-state index contributed by atoms with van der Waals surface area (Å²) < 4.78 is 5.12. The standard InChI is InChI=1S/C18H30N2O2S/c1-4-5-6-7-8-9-12-19-18(23-3)20-14-15-10-11-16(21)17(13-15)22-2/h10-11,13,21H,4-9,12,14H2,1-3H3,(H,19,20). The average molecular weight is 339 g/mol. The van der Waals surface area contributed by atoms with E-state index in [1.165, 1.54) is 38.5 Å². The second kappa shape index (κ2) is 12.1. The fourth-order valence-electron chi connectivity index (χ4n) is 2.28. The normalized spacial score (nSPS) is 11.5. The Kier molecular flexibility index (Phi) is 10.4. The number of thioether (sulfide) groups is 1. The van der Waals surface area contributed by atoms with Crippen molar-refractivity contribution in [2.45, 2.75) is 52.0 Å². The van der Waals surface area contributed by atoms with Gasteiger partial charge in [0.15, 0.2) is 16.7 Å². The Morgan fingerprint density at radius 3 is 2.65 bits per heavy atom. The monoisotopic (exact) mass is 338 g/mol. The molecule has 0 aromatic heterocycles. The van der Waals surface area contributed by atoms with Crippen LogP contribution in [0.15, 0.2) is 23.2 Å². The van der Waals surface area contributed by atoms with Crippen LogP contribution in [0, 0.1) is 0 Å². The van der Waals surface area contributed by atoms with Crippen molar-refractivity contribution in [3.8, 4) is 11.5 Å². The van der Waals surface area contributed by atoms with Crippen molar-refractivity contribution in [2.24, 2.45) is 4.99 Å². The number of aliphatic imine (C=N–C) groups is 1. The van der Waals surface area contributed by atoms with Crippen molar-refractivity contribution in [3.63, 3.8) is 0 Å². The first kappa shape index (κ1) is 19.7. The topological polar surface area (TPSA) is 53.9 Å². The lowest BCUT2D eigenvalue weighted by molar-refractivity contribution is 0.373. The SMILES string of the molecule is CCCCCCCCNC(=NCc1ccc(O)c(OC)c1)SC. The molecule has 0 bridgehead atoms. The summed E-state index contributed by atoms with van der Waals surface area (Å²) in [5.41, 5.74) is 1.02. The first-order valence-electron chi connectivity index (χ1n) is 8.39. The van der Waals surface area contributed by atoms with E-state index in [0.717, 1.165) is 17.3 Å². The van der Waals surface area contributed by atoms with Gasteiger partial charge in [0, 0.05) is 6.54 Å². The lowest BCUT2D eigenvalue weighted by Crippen LogP contribution is -2.21. The maximum atomic E-state index is 9.60. The highest BCUT2D eigenvalue weighted by molar-refractivity contribution is 8.13. The highest BCUT2D eigenvalue weighted by Gasteiger charge is 2.03. The van der Waals surface area contributed by atoms with Gasteiger partial charge < -0.3 is 15.2 Å². The Morgan fingerprint density at radius 2 is 1.96 bits per heavy atom. The molecule has 5 heteroatoms. The van der Waals surface area contributed by atoms with Crippen LogP contribution in [0.25, 0.3) is 0 Å². The lowest BCUT2D eigenvalue weighted by Gasteiger charge is -2.09. The van der Waals surface area contributed by atoms with E-state index in [1.54, 1.807) is 24.9 Å². The van der Waals surface area contributed by atoms with E-state index in [0.29, 0.717) is 12.3 Å². The maximum absolute atomic E-state index is 9.60. The Balaban J connectivity index is 2.35. The number of phenols is 1. The van der Waals surface area contributed by atoms with Crippen LogP contribution in [-0.2, 0) is 6.54 Å². The van der Waals surface area contributed by atoms with Crippen LogP contribution in [0.2, 0.25) is 0 Å². The van der Waals surface area contributed by atoms with E-state index in [1.807, 2.05) is 18.4 Å². The van der Waals surface area contributed by atoms with Gasteiger partial charge in [0.1, 0.15) is 0 Å². The Bertz CT molecular complexity index is 478. The van der Waals surface area contributed by atoms with Crippen molar-refractivity contribution in [3.05, 3.63) is 23.8 Å². The molecule has 0 aliphatic heterocycles. The van der Waals surface area contributed by atoms with Gasteiger partial charge >= 0.3 is 0 Å². The van der Waals surface area contributed by atoms with Crippen molar-refractivity contribution in [1.29, 1.82) is 0 Å². The zero-order chi connectivity index (χ0) is 16.9. The van der Waals surface area contributed by atoms with Crippen molar-refractivity contribution in [2.75, 3.05) is 19.9 Å². The molecular weight excluding hydrogens is 308 g/mol. The number of nitrogens with one attached hydrogen (secondary N) is 1. The van der Waals surface area contributed by atoms with Gasteiger partial charge in [-0.15, -0.1) is 0 Å². The number of rotatable bonds is 10. The lowest BCUT2D eigenvalue weighted by atomic mass is 10.1. The van der Waals surface area contributed by atoms with Crippen LogP contribution in [0.1, 0.15) is 51.0 Å². The third-order valence-electron chi connectivity index (χ3n) is 3.65. The van der Waals surface area contributed by atoms with Gasteiger partial charge in [-0.25, -0.2) is 0 Å².